The van der Waals surface area contributed by atoms with E-state index in [1.807, 2.05) is 13.0 Å². The third-order valence-corrected chi connectivity index (χ3v) is 5.55. The van der Waals surface area contributed by atoms with Crippen LogP contribution in [-0.2, 0) is 0 Å². The molecule has 7 heteroatoms. The van der Waals surface area contributed by atoms with Gasteiger partial charge in [-0.1, -0.05) is 28.4 Å². The largest absolute Gasteiger partial charge is 0.471 e. The average Bonchev–Trinajstić information content (AvgIpc) is 3.51. The van der Waals surface area contributed by atoms with Gasteiger partial charge in [0.1, 0.15) is 23.1 Å². The van der Waals surface area contributed by atoms with E-state index in [1.54, 1.807) is 12.1 Å². The second-order valence-electron chi connectivity index (χ2n) is 7.17. The van der Waals surface area contributed by atoms with Gasteiger partial charge in [-0.25, -0.2) is 4.98 Å². The molecular formula is C19H17Cl2N3O2. The van der Waals surface area contributed by atoms with Crippen molar-refractivity contribution in [2.45, 2.75) is 38.7 Å². The number of aromatic nitrogens is 3. The molecule has 0 radical (unpaired) electrons. The fourth-order valence-electron chi connectivity index (χ4n) is 3.41. The molecule has 0 aliphatic heterocycles. The van der Waals surface area contributed by atoms with Crippen LogP contribution in [-0.4, -0.2) is 21.2 Å². The van der Waals surface area contributed by atoms with E-state index < -0.39 is 0 Å². The SMILES string of the molecule is Cc1nc(OC(C2CC2)C2CC2)c2onc(-c3ccc(Cl)cc3Cl)c2n1. The van der Waals surface area contributed by atoms with Crippen LogP contribution < -0.4 is 4.74 Å². The van der Waals surface area contributed by atoms with Crippen LogP contribution in [0.1, 0.15) is 31.5 Å². The molecule has 0 N–H and O–H groups in total. The molecule has 0 unspecified atom stereocenters. The number of rotatable bonds is 5. The van der Waals surface area contributed by atoms with Gasteiger partial charge in [0.15, 0.2) is 0 Å². The fraction of sp³-hybridized carbons (Fsp3) is 0.421. The smallest absolute Gasteiger partial charge is 0.265 e. The Hall–Kier alpha value is -1.85. The summed E-state index contributed by atoms with van der Waals surface area (Å²) in [5, 5.41) is 5.27. The van der Waals surface area contributed by atoms with Crippen molar-refractivity contribution in [3.8, 4) is 17.1 Å². The molecule has 2 saturated carbocycles. The lowest BCUT2D eigenvalue weighted by atomic mass is 10.1. The third kappa shape index (κ3) is 2.93. The molecule has 5 nitrogen and oxygen atoms in total. The standard InChI is InChI=1S/C19H17Cl2N3O2/c1-9-22-16-15(13-7-6-12(20)8-14(13)21)24-26-18(16)19(23-9)25-17(10-2-3-10)11-4-5-11/h6-8,10-11,17H,2-5H2,1H3. The highest BCUT2D eigenvalue weighted by atomic mass is 35.5. The molecule has 3 aromatic rings. The Morgan fingerprint density at radius 2 is 1.85 bits per heavy atom. The van der Waals surface area contributed by atoms with E-state index in [4.69, 9.17) is 32.5 Å². The van der Waals surface area contributed by atoms with Crippen LogP contribution >= 0.6 is 23.2 Å². The zero-order valence-corrected chi connectivity index (χ0v) is 15.7. The molecule has 1 aromatic carbocycles. The molecule has 26 heavy (non-hydrogen) atoms. The zero-order chi connectivity index (χ0) is 17.8. The first-order chi connectivity index (χ1) is 12.6. The van der Waals surface area contributed by atoms with Crippen LogP contribution in [0.2, 0.25) is 10.0 Å². The van der Waals surface area contributed by atoms with E-state index >= 15 is 0 Å². The van der Waals surface area contributed by atoms with Gasteiger partial charge in [0, 0.05) is 10.6 Å². The first-order valence-electron chi connectivity index (χ1n) is 8.86. The monoisotopic (exact) mass is 389 g/mol. The van der Waals surface area contributed by atoms with E-state index in [-0.39, 0.29) is 6.10 Å². The van der Waals surface area contributed by atoms with Gasteiger partial charge in [-0.3, -0.25) is 0 Å². The predicted octanol–water partition coefficient (Wildman–Crippen LogP) is 5.47. The number of benzene rings is 1. The molecule has 5 rings (SSSR count). The van der Waals surface area contributed by atoms with Gasteiger partial charge in [-0.05, 0) is 62.6 Å². The molecule has 0 spiro atoms. The maximum Gasteiger partial charge on any atom is 0.265 e. The molecule has 0 bridgehead atoms. The highest BCUT2D eigenvalue weighted by molar-refractivity contribution is 6.36. The van der Waals surface area contributed by atoms with E-state index in [2.05, 4.69) is 15.1 Å². The Morgan fingerprint density at radius 1 is 1.12 bits per heavy atom. The van der Waals surface area contributed by atoms with Crippen LogP contribution in [0.25, 0.3) is 22.4 Å². The number of aryl methyl sites for hydroxylation is 1. The van der Waals surface area contributed by atoms with Crippen molar-refractivity contribution in [3.05, 3.63) is 34.1 Å². The first kappa shape index (κ1) is 16.3. The molecule has 2 aliphatic carbocycles. The minimum atomic E-state index is 0.222. The van der Waals surface area contributed by atoms with Crippen LogP contribution in [0.4, 0.5) is 0 Å². The van der Waals surface area contributed by atoms with Crippen LogP contribution in [0.3, 0.4) is 0 Å². The number of fused-ring (bicyclic) bond motifs is 1. The first-order valence-corrected chi connectivity index (χ1v) is 9.62. The summed E-state index contributed by atoms with van der Waals surface area (Å²) in [5.74, 6) is 2.38. The summed E-state index contributed by atoms with van der Waals surface area (Å²) in [6, 6.07) is 5.27. The molecular weight excluding hydrogens is 373 g/mol. The van der Waals surface area contributed by atoms with Gasteiger partial charge in [0.05, 0.1) is 5.02 Å². The second-order valence-corrected chi connectivity index (χ2v) is 8.01. The zero-order valence-electron chi connectivity index (χ0n) is 14.2. The molecule has 2 heterocycles. The van der Waals surface area contributed by atoms with Gasteiger partial charge >= 0.3 is 0 Å². The van der Waals surface area contributed by atoms with Crippen molar-refractivity contribution in [2.24, 2.45) is 11.8 Å². The second kappa shape index (κ2) is 6.10. The highest BCUT2D eigenvalue weighted by Gasteiger charge is 2.44. The van der Waals surface area contributed by atoms with Gasteiger partial charge in [-0.2, -0.15) is 4.98 Å². The summed E-state index contributed by atoms with van der Waals surface area (Å²) in [5.41, 5.74) is 2.39. The normalized spacial score (nSPS) is 17.2. The number of hydrogen-bond donors (Lipinski definition) is 0. The lowest BCUT2D eigenvalue weighted by Gasteiger charge is -2.17. The minimum Gasteiger partial charge on any atom is -0.471 e. The summed E-state index contributed by atoms with van der Waals surface area (Å²) in [6.07, 6.45) is 5.15. The van der Waals surface area contributed by atoms with Crippen molar-refractivity contribution in [2.75, 3.05) is 0 Å². The third-order valence-electron chi connectivity index (χ3n) is 5.01. The van der Waals surface area contributed by atoms with Crippen LogP contribution in [0, 0.1) is 18.8 Å². The summed E-state index contributed by atoms with van der Waals surface area (Å²) >= 11 is 12.3. The molecule has 2 fully saturated rings. The summed E-state index contributed by atoms with van der Waals surface area (Å²) in [6.45, 7) is 1.84. The van der Waals surface area contributed by atoms with Crippen molar-refractivity contribution < 1.29 is 9.26 Å². The summed E-state index contributed by atoms with van der Waals surface area (Å²) < 4.78 is 11.9. The van der Waals surface area contributed by atoms with E-state index in [1.165, 1.54) is 25.7 Å². The van der Waals surface area contributed by atoms with E-state index in [0.29, 0.717) is 50.4 Å². The minimum absolute atomic E-state index is 0.222. The number of hydrogen-bond acceptors (Lipinski definition) is 5. The average molecular weight is 390 g/mol. The molecule has 0 atom stereocenters. The predicted molar refractivity (Wildman–Crippen MR) is 99.7 cm³/mol. The van der Waals surface area contributed by atoms with Crippen LogP contribution in [0.5, 0.6) is 5.88 Å². The van der Waals surface area contributed by atoms with Crippen molar-refractivity contribution in [1.82, 2.24) is 15.1 Å². The number of ether oxygens (including phenoxy) is 1. The van der Waals surface area contributed by atoms with Gasteiger partial charge in [0.2, 0.25) is 5.58 Å². The van der Waals surface area contributed by atoms with Crippen molar-refractivity contribution in [1.29, 1.82) is 0 Å². The maximum absolute atomic E-state index is 6.34. The lowest BCUT2D eigenvalue weighted by molar-refractivity contribution is 0.147. The van der Waals surface area contributed by atoms with E-state index in [9.17, 15) is 0 Å². The lowest BCUT2D eigenvalue weighted by Crippen LogP contribution is -2.22. The number of halogens is 2. The topological polar surface area (TPSA) is 61.0 Å². The fourth-order valence-corrected chi connectivity index (χ4v) is 3.91. The molecule has 0 amide bonds. The Labute approximate surface area is 160 Å². The summed E-state index contributed by atoms with van der Waals surface area (Å²) in [4.78, 5) is 9.01. The van der Waals surface area contributed by atoms with Gasteiger partial charge in [-0.15, -0.1) is 0 Å². The summed E-state index contributed by atoms with van der Waals surface area (Å²) in [7, 11) is 0. The Bertz CT molecular complexity index is 984. The Morgan fingerprint density at radius 3 is 2.50 bits per heavy atom. The Balaban J connectivity index is 1.59. The molecule has 0 saturated heterocycles. The van der Waals surface area contributed by atoms with Crippen molar-refractivity contribution in [3.63, 3.8) is 0 Å². The van der Waals surface area contributed by atoms with Gasteiger partial charge in [0.25, 0.3) is 5.88 Å². The van der Waals surface area contributed by atoms with Crippen LogP contribution in [0.15, 0.2) is 22.7 Å². The molecule has 2 aliphatic rings. The molecule has 134 valence electrons. The van der Waals surface area contributed by atoms with E-state index in [0.717, 1.165) is 5.56 Å². The van der Waals surface area contributed by atoms with Crippen molar-refractivity contribution >= 4 is 34.3 Å². The number of nitrogens with zero attached hydrogens (tertiary/aromatic N) is 3. The quantitative estimate of drug-likeness (QED) is 0.578. The highest BCUT2D eigenvalue weighted by Crippen LogP contribution is 2.47. The Kier molecular flexibility index (Phi) is 3.83. The van der Waals surface area contributed by atoms with Gasteiger partial charge < -0.3 is 9.26 Å². The molecule has 2 aromatic heterocycles. The maximum atomic E-state index is 6.34.